The maximum absolute atomic E-state index is 13.2. The molecule has 1 rings (SSSR count). The van der Waals surface area contributed by atoms with Gasteiger partial charge in [-0.2, -0.15) is 4.39 Å². The van der Waals surface area contributed by atoms with Gasteiger partial charge >= 0.3 is 11.7 Å². The molecule has 0 aliphatic heterocycles. The van der Waals surface area contributed by atoms with Crippen LogP contribution in [-0.2, 0) is 4.79 Å². The number of carboxylic acid groups (broad SMARTS) is 1. The molecule has 1 N–H and O–H groups in total. The summed E-state index contributed by atoms with van der Waals surface area (Å²) in [5.41, 5.74) is -0.806. The van der Waals surface area contributed by atoms with E-state index in [2.05, 4.69) is 15.9 Å². The van der Waals surface area contributed by atoms with E-state index >= 15 is 0 Å². The zero-order valence-corrected chi connectivity index (χ0v) is 9.19. The van der Waals surface area contributed by atoms with Gasteiger partial charge in [-0.15, -0.1) is 0 Å². The van der Waals surface area contributed by atoms with Crippen molar-refractivity contribution < 1.29 is 19.2 Å². The maximum Gasteiger partial charge on any atom is 0.312 e. The highest BCUT2D eigenvalue weighted by molar-refractivity contribution is 9.10. The molecular formula is C8H7BrFNO4. The lowest BCUT2D eigenvalue weighted by Gasteiger charge is -2.26. The zero-order chi connectivity index (χ0) is 11.8. The molecule has 0 aromatic heterocycles. The van der Waals surface area contributed by atoms with E-state index in [-0.39, 0.29) is 0 Å². The van der Waals surface area contributed by atoms with Crippen LogP contribution in [0, 0.1) is 16.0 Å². The topological polar surface area (TPSA) is 80.4 Å². The summed E-state index contributed by atoms with van der Waals surface area (Å²) in [6.07, 6.45) is 1.69. The fourth-order valence-electron chi connectivity index (χ4n) is 1.27. The van der Waals surface area contributed by atoms with E-state index in [0.29, 0.717) is 0 Å². The fraction of sp³-hybridized carbons (Fsp3) is 0.375. The number of carbonyl (C=O) groups is 1. The van der Waals surface area contributed by atoms with Crippen LogP contribution < -0.4 is 0 Å². The van der Waals surface area contributed by atoms with Crippen molar-refractivity contribution >= 4 is 21.9 Å². The largest absolute Gasteiger partial charge is 0.481 e. The molecule has 7 heteroatoms. The van der Waals surface area contributed by atoms with Crippen LogP contribution >= 0.6 is 15.9 Å². The van der Waals surface area contributed by atoms with E-state index in [1.54, 1.807) is 0 Å². The lowest BCUT2D eigenvalue weighted by molar-refractivity contribution is -0.423. The Bertz CT molecular complexity index is 388. The van der Waals surface area contributed by atoms with Gasteiger partial charge in [0.25, 0.3) is 0 Å². The van der Waals surface area contributed by atoms with E-state index < -0.39 is 32.7 Å². The van der Waals surface area contributed by atoms with Crippen molar-refractivity contribution in [1.82, 2.24) is 0 Å². The smallest absolute Gasteiger partial charge is 0.312 e. The Morgan fingerprint density at radius 3 is 2.73 bits per heavy atom. The zero-order valence-electron chi connectivity index (χ0n) is 7.61. The molecule has 15 heavy (non-hydrogen) atoms. The molecule has 0 amide bonds. The number of aliphatic carboxylic acids is 1. The van der Waals surface area contributed by atoms with E-state index in [0.717, 1.165) is 12.2 Å². The van der Waals surface area contributed by atoms with Gasteiger partial charge < -0.3 is 5.11 Å². The summed E-state index contributed by atoms with van der Waals surface area (Å²) < 4.78 is 12.0. The molecule has 0 aromatic carbocycles. The molecule has 82 valence electrons. The van der Waals surface area contributed by atoms with Crippen LogP contribution in [0.4, 0.5) is 4.39 Å². The lowest BCUT2D eigenvalue weighted by Crippen LogP contribution is -2.34. The monoisotopic (exact) mass is 279 g/mol. The number of allylic oxidation sites excluding steroid dienone is 2. The Hall–Kier alpha value is -1.24. The van der Waals surface area contributed by atoms with Gasteiger partial charge in [0.05, 0.1) is 9.25 Å². The first-order chi connectivity index (χ1) is 6.75. The van der Waals surface area contributed by atoms with Crippen molar-refractivity contribution in [1.29, 1.82) is 0 Å². The summed E-state index contributed by atoms with van der Waals surface area (Å²) in [5, 5.41) is 19.2. The van der Waals surface area contributed by atoms with Gasteiger partial charge in [-0.05, 0) is 13.0 Å². The van der Waals surface area contributed by atoms with Gasteiger partial charge in [-0.25, -0.2) is 0 Å². The van der Waals surface area contributed by atoms with Crippen LogP contribution in [0.1, 0.15) is 6.92 Å². The van der Waals surface area contributed by atoms with Crippen LogP contribution in [-0.4, -0.2) is 20.3 Å². The van der Waals surface area contributed by atoms with Crippen molar-refractivity contribution in [3.05, 3.63) is 33.8 Å². The van der Waals surface area contributed by atoms with Crippen LogP contribution in [0.2, 0.25) is 0 Å². The van der Waals surface area contributed by atoms with Gasteiger partial charge in [0.2, 0.25) is 0 Å². The molecule has 0 bridgehead atoms. The average Bonchev–Trinajstić information content (AvgIpc) is 1.99. The second-order valence-corrected chi connectivity index (χ2v) is 4.98. The lowest BCUT2D eigenvalue weighted by atomic mass is 9.88. The predicted molar refractivity (Wildman–Crippen MR) is 52.7 cm³/mol. The number of nitrogens with zero attached hydrogens (tertiary/aromatic N) is 1. The molecule has 2 unspecified atom stereocenters. The van der Waals surface area contributed by atoms with Crippen molar-refractivity contribution in [3.63, 3.8) is 0 Å². The second kappa shape index (κ2) is 3.73. The quantitative estimate of drug-likeness (QED) is 0.475. The van der Waals surface area contributed by atoms with E-state index in [1.165, 1.54) is 6.92 Å². The summed E-state index contributed by atoms with van der Waals surface area (Å²) in [6, 6.07) is 0. The summed E-state index contributed by atoms with van der Waals surface area (Å²) >= 11 is 3.01. The van der Waals surface area contributed by atoms with Gasteiger partial charge in [-0.3, -0.25) is 14.9 Å². The van der Waals surface area contributed by atoms with Crippen molar-refractivity contribution in [2.24, 2.45) is 5.92 Å². The molecule has 0 saturated heterocycles. The molecule has 0 radical (unpaired) electrons. The summed E-state index contributed by atoms with van der Waals surface area (Å²) in [5.74, 6) is -3.45. The van der Waals surface area contributed by atoms with Gasteiger partial charge in [0.15, 0.2) is 5.83 Å². The minimum Gasteiger partial charge on any atom is -0.481 e. The first-order valence-electron chi connectivity index (χ1n) is 3.92. The third kappa shape index (κ3) is 2.23. The standard InChI is InChI=1S/C8H7BrFNO4/c1-8(9)3-5(10)6(11(14)15)2-4(8)7(12)13/h2-4H,1H3,(H,12,13). The molecule has 0 heterocycles. The van der Waals surface area contributed by atoms with E-state index in [1.807, 2.05) is 0 Å². The van der Waals surface area contributed by atoms with E-state index in [4.69, 9.17) is 5.11 Å². The van der Waals surface area contributed by atoms with Crippen molar-refractivity contribution in [3.8, 4) is 0 Å². The number of alkyl halides is 1. The first kappa shape index (κ1) is 11.8. The maximum atomic E-state index is 13.2. The molecule has 1 aliphatic rings. The highest BCUT2D eigenvalue weighted by Gasteiger charge is 2.41. The Kier molecular flexibility index (Phi) is 2.94. The normalized spacial score (nSPS) is 30.5. The summed E-state index contributed by atoms with van der Waals surface area (Å²) in [6.45, 7) is 1.43. The number of carboxylic acids is 1. The van der Waals surface area contributed by atoms with Crippen LogP contribution in [0.3, 0.4) is 0 Å². The Morgan fingerprint density at radius 1 is 1.80 bits per heavy atom. The van der Waals surface area contributed by atoms with Gasteiger partial charge in [-0.1, -0.05) is 15.9 Å². The fourth-order valence-corrected chi connectivity index (χ4v) is 1.80. The summed E-state index contributed by atoms with van der Waals surface area (Å²) in [4.78, 5) is 20.2. The van der Waals surface area contributed by atoms with Crippen molar-refractivity contribution in [2.45, 2.75) is 11.2 Å². The molecule has 1 aliphatic carbocycles. The van der Waals surface area contributed by atoms with Crippen LogP contribution in [0.5, 0.6) is 0 Å². The molecule has 0 fully saturated rings. The summed E-state index contributed by atoms with van der Waals surface area (Å²) in [7, 11) is 0. The molecule has 2 atom stereocenters. The number of halogens is 2. The minimum absolute atomic E-state index is 0.798. The third-order valence-electron chi connectivity index (χ3n) is 2.05. The number of nitro groups is 1. The van der Waals surface area contributed by atoms with Crippen LogP contribution in [0.15, 0.2) is 23.7 Å². The molecule has 0 aromatic rings. The Balaban J connectivity index is 3.21. The van der Waals surface area contributed by atoms with Crippen molar-refractivity contribution in [2.75, 3.05) is 0 Å². The van der Waals surface area contributed by atoms with E-state index in [9.17, 15) is 19.3 Å². The Labute approximate surface area is 92.6 Å². The number of hydrogen-bond donors (Lipinski definition) is 1. The number of rotatable bonds is 2. The number of hydrogen-bond acceptors (Lipinski definition) is 3. The minimum atomic E-state index is -1.25. The molecule has 0 spiro atoms. The molecule has 0 saturated carbocycles. The first-order valence-corrected chi connectivity index (χ1v) is 4.71. The second-order valence-electron chi connectivity index (χ2n) is 3.27. The molecular weight excluding hydrogens is 273 g/mol. The van der Waals surface area contributed by atoms with Crippen LogP contribution in [0.25, 0.3) is 0 Å². The highest BCUT2D eigenvalue weighted by atomic mass is 79.9. The third-order valence-corrected chi connectivity index (χ3v) is 2.77. The predicted octanol–water partition coefficient (Wildman–Crippen LogP) is 1.87. The Morgan fingerprint density at radius 2 is 2.33 bits per heavy atom. The SMILES string of the molecule is CC1(Br)C=C(F)C([N+](=O)[O-])=CC1C(=O)O. The molecule has 5 nitrogen and oxygen atoms in total. The van der Waals surface area contributed by atoms with Gasteiger partial charge in [0.1, 0.15) is 5.92 Å². The average molecular weight is 280 g/mol. The highest BCUT2D eigenvalue weighted by Crippen LogP contribution is 2.38. The van der Waals surface area contributed by atoms with Gasteiger partial charge in [0, 0.05) is 6.08 Å².